The van der Waals surface area contributed by atoms with Gasteiger partial charge in [-0.15, -0.1) is 0 Å². The molecular weight excluding hydrogens is 225 g/mol. The Morgan fingerprint density at radius 1 is 1.31 bits per heavy atom. The highest BCUT2D eigenvalue weighted by Crippen LogP contribution is 2.34. The number of rotatable bonds is 5. The predicted molar refractivity (Wildman–Crippen MR) is 67.1 cm³/mol. The van der Waals surface area contributed by atoms with Crippen LogP contribution in [0.2, 0.25) is 0 Å². The Bertz CT molecular complexity index is 258. The lowest BCUT2D eigenvalue weighted by Crippen LogP contribution is -2.31. The zero-order valence-electron chi connectivity index (χ0n) is 11.1. The van der Waals surface area contributed by atoms with Crippen molar-refractivity contribution in [1.82, 2.24) is 5.09 Å². The summed E-state index contributed by atoms with van der Waals surface area (Å²) < 4.78 is 16.8. The van der Waals surface area contributed by atoms with Crippen LogP contribution in [0.1, 0.15) is 41.5 Å². The van der Waals surface area contributed by atoms with Gasteiger partial charge in [-0.3, -0.25) is 9.88 Å². The number of hydrogen-bond donors (Lipinski definition) is 1. The summed E-state index contributed by atoms with van der Waals surface area (Å²) in [7, 11) is -1.86. The third-order valence-electron chi connectivity index (χ3n) is 2.01. The minimum Gasteiger partial charge on any atom is -0.464 e. The molecule has 0 bridgehead atoms. The molecule has 0 aromatic carbocycles. The van der Waals surface area contributed by atoms with Crippen molar-refractivity contribution in [2.24, 2.45) is 5.92 Å². The quantitative estimate of drug-likeness (QED) is 0.600. The first-order valence-corrected chi connectivity index (χ1v) is 7.03. The molecule has 0 radical (unpaired) electrons. The lowest BCUT2D eigenvalue weighted by atomic mass is 10.2. The lowest BCUT2D eigenvalue weighted by Gasteiger charge is -2.22. The summed E-state index contributed by atoms with van der Waals surface area (Å²) in [5, 5.41) is 2.75. The molecule has 16 heavy (non-hydrogen) atoms. The summed E-state index contributed by atoms with van der Waals surface area (Å²) in [6.07, 6.45) is 0. The average Bonchev–Trinajstić information content (AvgIpc) is 2.12. The molecule has 0 aromatic heterocycles. The van der Waals surface area contributed by atoms with E-state index in [-0.39, 0.29) is 29.7 Å². The number of nitrogens with one attached hydrogen (secondary N) is 1. The van der Waals surface area contributed by atoms with E-state index in [9.17, 15) is 9.36 Å². The van der Waals surface area contributed by atoms with Crippen LogP contribution in [0, 0.1) is 5.92 Å². The number of carbonyl (C=O) groups is 1. The Balaban J connectivity index is 3.97. The molecule has 1 unspecified atom stereocenters. The van der Waals surface area contributed by atoms with E-state index < -0.39 is 7.95 Å². The second kappa shape index (κ2) is 6.41. The first kappa shape index (κ1) is 15.7. The second-order valence-corrected chi connectivity index (χ2v) is 7.86. The third-order valence-corrected chi connectivity index (χ3v) is 4.12. The van der Waals surface area contributed by atoms with Crippen LogP contribution < -0.4 is 5.09 Å². The summed E-state index contributed by atoms with van der Waals surface area (Å²) in [4.78, 5) is 11.2. The van der Waals surface area contributed by atoms with Crippen molar-refractivity contribution in [3.8, 4) is 0 Å². The molecule has 0 saturated heterocycles. The van der Waals surface area contributed by atoms with Crippen LogP contribution in [0.15, 0.2) is 0 Å². The van der Waals surface area contributed by atoms with Crippen molar-refractivity contribution in [2.75, 3.05) is 6.61 Å². The number of ether oxygens (including phenoxy) is 1. The Morgan fingerprint density at radius 3 is 2.19 bits per heavy atom. The molecule has 0 spiro atoms. The van der Waals surface area contributed by atoms with E-state index in [1.165, 1.54) is 0 Å². The molecule has 0 aliphatic rings. The molecule has 2 atom stereocenters. The van der Waals surface area contributed by atoms with E-state index in [2.05, 4.69) is 5.09 Å². The topological polar surface area (TPSA) is 55.4 Å². The van der Waals surface area contributed by atoms with Gasteiger partial charge in [-0.2, -0.15) is 0 Å². The van der Waals surface area contributed by atoms with Gasteiger partial charge in [0.2, 0.25) is 0 Å². The van der Waals surface area contributed by atoms with E-state index in [0.717, 1.165) is 0 Å². The van der Waals surface area contributed by atoms with Crippen molar-refractivity contribution < 1.29 is 14.1 Å². The zero-order chi connectivity index (χ0) is 12.9. The van der Waals surface area contributed by atoms with Crippen LogP contribution in [-0.2, 0) is 14.1 Å². The van der Waals surface area contributed by atoms with Crippen LogP contribution >= 0.6 is 7.95 Å². The van der Waals surface area contributed by atoms with Crippen LogP contribution in [0.3, 0.4) is 0 Å². The van der Waals surface area contributed by atoms with Gasteiger partial charge in [0.25, 0.3) is 0 Å². The van der Waals surface area contributed by atoms with E-state index in [1.807, 2.05) is 27.7 Å². The van der Waals surface area contributed by atoms with Crippen LogP contribution in [0.4, 0.5) is 0 Å². The van der Waals surface area contributed by atoms with E-state index in [0.29, 0.717) is 0 Å². The lowest BCUT2D eigenvalue weighted by molar-refractivity contribution is -0.147. The Labute approximate surface area is 99.0 Å². The second-order valence-electron chi connectivity index (χ2n) is 5.41. The van der Waals surface area contributed by atoms with Crippen molar-refractivity contribution in [2.45, 2.75) is 52.7 Å². The molecule has 0 fully saturated rings. The molecule has 1 N–H and O–H groups in total. The van der Waals surface area contributed by atoms with Gasteiger partial charge in [0.1, 0.15) is 14.6 Å². The number of esters is 1. The van der Waals surface area contributed by atoms with Gasteiger partial charge in [-0.1, -0.05) is 34.6 Å². The monoisotopic (exact) mass is 249 g/mol. The summed E-state index contributed by atoms with van der Waals surface area (Å²) in [5.74, 6) is -0.337. The Hall–Kier alpha value is -0.340. The summed E-state index contributed by atoms with van der Waals surface area (Å²) >= 11 is 0. The Morgan fingerprint density at radius 2 is 1.81 bits per heavy atom. The highest BCUT2D eigenvalue weighted by molar-refractivity contribution is 7.44. The molecule has 5 heteroatoms. The smallest absolute Gasteiger partial charge is 0.308 e. The molecule has 0 aliphatic heterocycles. The molecule has 0 amide bonds. The van der Waals surface area contributed by atoms with E-state index in [1.54, 1.807) is 13.8 Å². The first-order chi connectivity index (χ1) is 7.14. The fraction of sp³-hybridized carbons (Fsp3) is 0.909. The first-order valence-electron chi connectivity index (χ1n) is 5.62. The summed E-state index contributed by atoms with van der Waals surface area (Å²) in [6.45, 7) is 11.5. The van der Waals surface area contributed by atoms with Gasteiger partial charge in [-0.05, 0) is 6.92 Å². The van der Waals surface area contributed by atoms with Gasteiger partial charge < -0.3 is 9.30 Å². The summed E-state index contributed by atoms with van der Waals surface area (Å²) in [6, 6.07) is -0.0756. The Kier molecular flexibility index (Phi) is 6.27. The van der Waals surface area contributed by atoms with Crippen LogP contribution in [0.5, 0.6) is 0 Å². The number of carbonyl (C=O) groups excluding carboxylic acids is 1. The largest absolute Gasteiger partial charge is 0.464 e. The minimum absolute atomic E-state index is 0.0756. The predicted octanol–water partition coefficient (Wildman–Crippen LogP) is 2.44. The number of hydrogen-bond acceptors (Lipinski definition) is 3. The minimum atomic E-state index is -1.86. The van der Waals surface area contributed by atoms with Crippen LogP contribution in [0.25, 0.3) is 0 Å². The molecule has 96 valence electrons. The standard InChI is InChI=1S/C11H24NO3P/c1-8(2)10(13)15-7-9(3)12-16(14)11(4,5)6/h8-9,16H,7H2,1-6H3,(H,12,14)/t9-/m0/s1. The van der Waals surface area contributed by atoms with Crippen molar-refractivity contribution >= 4 is 13.9 Å². The average molecular weight is 249 g/mol. The van der Waals surface area contributed by atoms with Gasteiger partial charge in [-0.25, -0.2) is 0 Å². The normalized spacial score (nSPS) is 15.9. The maximum atomic E-state index is 11.8. The van der Waals surface area contributed by atoms with Crippen molar-refractivity contribution in [1.29, 1.82) is 0 Å². The third kappa shape index (κ3) is 6.29. The highest BCUT2D eigenvalue weighted by atomic mass is 31.1. The molecular formula is C11H24NO3P. The van der Waals surface area contributed by atoms with Crippen LogP contribution in [-0.4, -0.2) is 23.8 Å². The van der Waals surface area contributed by atoms with Gasteiger partial charge in [0, 0.05) is 11.2 Å². The van der Waals surface area contributed by atoms with Gasteiger partial charge in [0.15, 0.2) is 0 Å². The fourth-order valence-electron chi connectivity index (χ4n) is 0.856. The maximum absolute atomic E-state index is 11.8. The zero-order valence-corrected chi connectivity index (χ0v) is 12.1. The van der Waals surface area contributed by atoms with E-state index >= 15 is 0 Å². The molecule has 0 heterocycles. The molecule has 0 aromatic rings. The molecule has 4 nitrogen and oxygen atoms in total. The summed E-state index contributed by atoms with van der Waals surface area (Å²) in [5.41, 5.74) is 0. The SMILES string of the molecule is CC(C)C(=O)OC[C@H](C)N[PH](=O)C(C)(C)C. The highest BCUT2D eigenvalue weighted by Gasteiger charge is 2.21. The molecule has 0 saturated carbocycles. The van der Waals surface area contributed by atoms with Gasteiger partial charge >= 0.3 is 5.97 Å². The maximum Gasteiger partial charge on any atom is 0.308 e. The molecule has 0 aliphatic carbocycles. The fourth-order valence-corrected chi connectivity index (χ4v) is 1.82. The van der Waals surface area contributed by atoms with Crippen molar-refractivity contribution in [3.63, 3.8) is 0 Å². The van der Waals surface area contributed by atoms with E-state index in [4.69, 9.17) is 4.74 Å². The van der Waals surface area contributed by atoms with Gasteiger partial charge in [0.05, 0.1) is 5.92 Å². The van der Waals surface area contributed by atoms with Crippen molar-refractivity contribution in [3.05, 3.63) is 0 Å². The molecule has 0 rings (SSSR count).